The van der Waals surface area contributed by atoms with E-state index in [-0.39, 0.29) is 0 Å². The summed E-state index contributed by atoms with van der Waals surface area (Å²) in [5.41, 5.74) is 1.71. The molecular formula is C8H12. The molecule has 2 aliphatic carbocycles. The van der Waals surface area contributed by atoms with E-state index < -0.39 is 0 Å². The molecular weight excluding hydrogens is 96.1 g/mol. The lowest BCUT2D eigenvalue weighted by Crippen LogP contribution is -1.75. The molecule has 0 amide bonds. The van der Waals surface area contributed by atoms with Crippen molar-refractivity contribution in [1.82, 2.24) is 0 Å². The van der Waals surface area contributed by atoms with Crippen LogP contribution in [0.5, 0.6) is 0 Å². The summed E-state index contributed by atoms with van der Waals surface area (Å²) in [6, 6.07) is 0. The lowest BCUT2D eigenvalue weighted by atomic mass is 10.1. The molecule has 2 atom stereocenters. The van der Waals surface area contributed by atoms with E-state index in [0.29, 0.717) is 0 Å². The Morgan fingerprint density at radius 3 is 3.00 bits per heavy atom. The quantitative estimate of drug-likeness (QED) is 0.452. The predicted molar refractivity (Wildman–Crippen MR) is 34.6 cm³/mol. The van der Waals surface area contributed by atoms with Gasteiger partial charge in [-0.05, 0) is 31.1 Å². The summed E-state index contributed by atoms with van der Waals surface area (Å²) in [7, 11) is 0. The Bertz CT molecular complexity index is 133. The van der Waals surface area contributed by atoms with Gasteiger partial charge in [-0.2, -0.15) is 0 Å². The van der Waals surface area contributed by atoms with Crippen LogP contribution in [-0.4, -0.2) is 0 Å². The highest BCUT2D eigenvalue weighted by Crippen LogP contribution is 2.50. The summed E-state index contributed by atoms with van der Waals surface area (Å²) in [6.07, 6.45) is 6.72. The Morgan fingerprint density at radius 1 is 1.75 bits per heavy atom. The molecule has 8 heavy (non-hydrogen) atoms. The zero-order valence-electron chi connectivity index (χ0n) is 5.35. The van der Waals surface area contributed by atoms with Gasteiger partial charge in [0.05, 0.1) is 0 Å². The van der Waals surface area contributed by atoms with Crippen molar-refractivity contribution in [3.8, 4) is 0 Å². The van der Waals surface area contributed by atoms with E-state index in [2.05, 4.69) is 13.0 Å². The van der Waals surface area contributed by atoms with Crippen LogP contribution in [0.4, 0.5) is 0 Å². The van der Waals surface area contributed by atoms with Crippen LogP contribution >= 0.6 is 0 Å². The molecule has 0 N–H and O–H groups in total. The van der Waals surface area contributed by atoms with Crippen molar-refractivity contribution in [2.45, 2.75) is 26.2 Å². The molecule has 2 rings (SSSR count). The van der Waals surface area contributed by atoms with Gasteiger partial charge in [-0.25, -0.2) is 0 Å². The first kappa shape index (κ1) is 4.60. The number of rotatable bonds is 1. The predicted octanol–water partition coefficient (Wildman–Crippen LogP) is 2.36. The van der Waals surface area contributed by atoms with Crippen molar-refractivity contribution in [3.05, 3.63) is 11.6 Å². The molecule has 0 nitrogen and oxygen atoms in total. The molecule has 1 unspecified atom stereocenters. The van der Waals surface area contributed by atoms with Gasteiger partial charge in [0.15, 0.2) is 0 Å². The van der Waals surface area contributed by atoms with Crippen molar-refractivity contribution in [2.24, 2.45) is 11.8 Å². The number of hydrogen-bond donors (Lipinski definition) is 0. The van der Waals surface area contributed by atoms with Crippen molar-refractivity contribution in [1.29, 1.82) is 0 Å². The second-order valence-electron chi connectivity index (χ2n) is 3.04. The van der Waals surface area contributed by atoms with E-state index in [1.807, 2.05) is 0 Å². The molecule has 0 aromatic carbocycles. The minimum Gasteiger partial charge on any atom is -0.0819 e. The molecule has 1 saturated carbocycles. The van der Waals surface area contributed by atoms with Crippen LogP contribution in [0.25, 0.3) is 0 Å². The molecule has 0 saturated heterocycles. The maximum atomic E-state index is 2.49. The van der Waals surface area contributed by atoms with Gasteiger partial charge in [0.2, 0.25) is 0 Å². The molecule has 0 aromatic heterocycles. The van der Waals surface area contributed by atoms with Crippen LogP contribution in [0.3, 0.4) is 0 Å². The van der Waals surface area contributed by atoms with Gasteiger partial charge >= 0.3 is 0 Å². The first-order valence-electron chi connectivity index (χ1n) is 3.59. The van der Waals surface area contributed by atoms with Crippen molar-refractivity contribution in [2.75, 3.05) is 0 Å². The van der Waals surface area contributed by atoms with Gasteiger partial charge in [-0.3, -0.25) is 0 Å². The maximum Gasteiger partial charge on any atom is -0.0196 e. The SMILES string of the molecule is CCC1=C[C@@H]2CC2C1. The fourth-order valence-corrected chi connectivity index (χ4v) is 1.68. The summed E-state index contributed by atoms with van der Waals surface area (Å²) in [4.78, 5) is 0. The highest BCUT2D eigenvalue weighted by molar-refractivity contribution is 5.20. The van der Waals surface area contributed by atoms with Crippen molar-refractivity contribution in [3.63, 3.8) is 0 Å². The molecule has 0 heterocycles. The Hall–Kier alpha value is -0.260. The Balaban J connectivity index is 2.07. The molecule has 0 spiro atoms. The average Bonchev–Trinajstić information content (AvgIpc) is 2.40. The van der Waals surface area contributed by atoms with Crippen LogP contribution < -0.4 is 0 Å². The van der Waals surface area contributed by atoms with Gasteiger partial charge in [-0.1, -0.05) is 18.6 Å². The molecule has 0 aromatic rings. The summed E-state index contributed by atoms with van der Waals surface area (Å²) in [5.74, 6) is 2.13. The molecule has 0 radical (unpaired) electrons. The zero-order chi connectivity index (χ0) is 5.56. The molecule has 0 heteroatoms. The number of hydrogen-bond acceptors (Lipinski definition) is 0. The van der Waals surface area contributed by atoms with Crippen molar-refractivity contribution >= 4 is 0 Å². The Kier molecular flexibility index (Phi) is 0.787. The van der Waals surface area contributed by atoms with Crippen LogP contribution in [0, 0.1) is 11.8 Å². The topological polar surface area (TPSA) is 0 Å². The van der Waals surface area contributed by atoms with Crippen LogP contribution in [0.2, 0.25) is 0 Å². The molecule has 0 aliphatic heterocycles. The van der Waals surface area contributed by atoms with E-state index in [1.54, 1.807) is 5.57 Å². The normalized spacial score (nSPS) is 41.4. The largest absolute Gasteiger partial charge is 0.0819 e. The summed E-state index contributed by atoms with van der Waals surface area (Å²) < 4.78 is 0. The fraction of sp³-hybridized carbons (Fsp3) is 0.750. The summed E-state index contributed by atoms with van der Waals surface area (Å²) >= 11 is 0. The second kappa shape index (κ2) is 1.37. The summed E-state index contributed by atoms with van der Waals surface area (Å²) in [5, 5.41) is 0. The fourth-order valence-electron chi connectivity index (χ4n) is 1.68. The van der Waals surface area contributed by atoms with Gasteiger partial charge in [0.25, 0.3) is 0 Å². The monoisotopic (exact) mass is 108 g/mol. The van der Waals surface area contributed by atoms with Gasteiger partial charge in [0.1, 0.15) is 0 Å². The smallest absolute Gasteiger partial charge is 0.0196 e. The standard InChI is InChI=1S/C8H12/c1-2-6-3-7-5-8(7)4-6/h3,7-8H,2,4-5H2,1H3/t7-,8?/m1/s1. The van der Waals surface area contributed by atoms with Crippen LogP contribution in [0.15, 0.2) is 11.6 Å². The van der Waals surface area contributed by atoms with Gasteiger partial charge in [0, 0.05) is 0 Å². The first-order chi connectivity index (χ1) is 3.90. The van der Waals surface area contributed by atoms with Crippen molar-refractivity contribution < 1.29 is 0 Å². The highest BCUT2D eigenvalue weighted by atomic mass is 14.4. The molecule has 2 aliphatic rings. The van der Waals surface area contributed by atoms with Gasteiger partial charge < -0.3 is 0 Å². The van der Waals surface area contributed by atoms with Gasteiger partial charge in [-0.15, -0.1) is 0 Å². The molecule has 44 valence electrons. The first-order valence-corrected chi connectivity index (χ1v) is 3.59. The summed E-state index contributed by atoms with van der Waals surface area (Å²) in [6.45, 7) is 2.26. The van der Waals surface area contributed by atoms with E-state index in [1.165, 1.54) is 19.3 Å². The minimum absolute atomic E-state index is 1.03. The minimum atomic E-state index is 1.03. The average molecular weight is 108 g/mol. The third-order valence-corrected chi connectivity index (χ3v) is 2.41. The lowest BCUT2D eigenvalue weighted by Gasteiger charge is -1.93. The lowest BCUT2D eigenvalue weighted by molar-refractivity contribution is 0.806. The number of allylic oxidation sites excluding steroid dienone is 2. The zero-order valence-corrected chi connectivity index (χ0v) is 5.35. The second-order valence-corrected chi connectivity index (χ2v) is 3.04. The third-order valence-electron chi connectivity index (χ3n) is 2.41. The van der Waals surface area contributed by atoms with Crippen LogP contribution in [-0.2, 0) is 0 Å². The number of fused-ring (bicyclic) bond motifs is 1. The molecule has 0 bridgehead atoms. The van der Waals surface area contributed by atoms with E-state index in [9.17, 15) is 0 Å². The van der Waals surface area contributed by atoms with E-state index in [0.717, 1.165) is 11.8 Å². The maximum absolute atomic E-state index is 2.49. The highest BCUT2D eigenvalue weighted by Gasteiger charge is 2.39. The Labute approximate surface area is 50.6 Å². The third kappa shape index (κ3) is 0.521. The molecule has 1 fully saturated rings. The van der Waals surface area contributed by atoms with E-state index >= 15 is 0 Å². The Morgan fingerprint density at radius 2 is 2.62 bits per heavy atom. The van der Waals surface area contributed by atoms with E-state index in [4.69, 9.17) is 0 Å². The van der Waals surface area contributed by atoms with Crippen LogP contribution in [0.1, 0.15) is 26.2 Å².